The molecule has 3 aromatic carbocycles. The highest BCUT2D eigenvalue weighted by Crippen LogP contribution is 2.34. The molecule has 0 bridgehead atoms. The number of hydrogen-bond acceptors (Lipinski definition) is 5. The first kappa shape index (κ1) is 21.7. The average molecular weight is 430 g/mol. The highest BCUT2D eigenvalue weighted by atomic mass is 16.5. The highest BCUT2D eigenvalue weighted by molar-refractivity contribution is 5.95. The summed E-state index contributed by atoms with van der Waals surface area (Å²) >= 11 is 0. The van der Waals surface area contributed by atoms with Crippen molar-refractivity contribution in [1.82, 2.24) is 0 Å². The zero-order valence-corrected chi connectivity index (χ0v) is 18.4. The fourth-order valence-electron chi connectivity index (χ4n) is 3.80. The molecular formula is C27H27NO4. The van der Waals surface area contributed by atoms with Crippen LogP contribution in [0, 0.1) is 6.92 Å². The predicted molar refractivity (Wildman–Crippen MR) is 125 cm³/mol. The molecule has 0 saturated heterocycles. The number of benzene rings is 3. The summed E-state index contributed by atoms with van der Waals surface area (Å²) in [6.07, 6.45) is 1.96. The highest BCUT2D eigenvalue weighted by Gasteiger charge is 2.14. The summed E-state index contributed by atoms with van der Waals surface area (Å²) in [6.45, 7) is 5.04. The second-order valence-electron chi connectivity index (χ2n) is 7.72. The van der Waals surface area contributed by atoms with E-state index in [0.29, 0.717) is 25.5 Å². The van der Waals surface area contributed by atoms with Crippen LogP contribution in [0.15, 0.2) is 71.3 Å². The summed E-state index contributed by atoms with van der Waals surface area (Å²) in [5.41, 5.74) is 12.7. The van der Waals surface area contributed by atoms with E-state index in [1.165, 1.54) is 0 Å². The first-order chi connectivity index (χ1) is 15.6. The van der Waals surface area contributed by atoms with E-state index in [1.807, 2.05) is 43.3 Å². The minimum absolute atomic E-state index is 0.182. The number of para-hydroxylation sites is 1. The minimum atomic E-state index is -0.263. The average Bonchev–Trinajstić information content (AvgIpc) is 3.19. The van der Waals surface area contributed by atoms with E-state index in [1.54, 1.807) is 13.2 Å². The molecule has 0 unspecified atom stereocenters. The van der Waals surface area contributed by atoms with Crippen molar-refractivity contribution in [2.45, 2.75) is 33.4 Å². The predicted octanol–water partition coefficient (Wildman–Crippen LogP) is 5.55. The molecule has 1 heterocycles. The van der Waals surface area contributed by atoms with Gasteiger partial charge in [-0.2, -0.15) is 0 Å². The molecule has 0 fully saturated rings. The Morgan fingerprint density at radius 1 is 1.03 bits per heavy atom. The van der Waals surface area contributed by atoms with Crippen LogP contribution in [0.5, 0.6) is 5.75 Å². The zero-order valence-electron chi connectivity index (χ0n) is 18.4. The molecule has 0 aliphatic rings. The fourth-order valence-corrected chi connectivity index (χ4v) is 3.80. The molecule has 4 aromatic rings. The molecule has 0 saturated carbocycles. The second-order valence-corrected chi connectivity index (χ2v) is 7.72. The van der Waals surface area contributed by atoms with E-state index in [2.05, 4.69) is 24.3 Å². The Bertz CT molecular complexity index is 1240. The smallest absolute Gasteiger partial charge is 0.310 e. The van der Waals surface area contributed by atoms with Gasteiger partial charge in [0, 0.05) is 23.1 Å². The number of furan rings is 1. The standard InChI is InChI=1S/C27H27NO4/c1-3-30-26(29)14-22-8-4-5-10-25(22)31-17-20-12-23-18(2)16-32-27(23)24(13-20)21-9-6-7-19(11-21)15-28/h4-13,16H,3,14-15,17,28H2,1-2H3. The summed E-state index contributed by atoms with van der Waals surface area (Å²) in [7, 11) is 0. The summed E-state index contributed by atoms with van der Waals surface area (Å²) in [5.74, 6) is 0.414. The Morgan fingerprint density at radius 3 is 2.69 bits per heavy atom. The topological polar surface area (TPSA) is 74.7 Å². The Balaban J connectivity index is 1.65. The summed E-state index contributed by atoms with van der Waals surface area (Å²) in [6, 6.07) is 19.9. The number of hydrogen-bond donors (Lipinski definition) is 1. The van der Waals surface area contributed by atoms with Crippen LogP contribution in [0.4, 0.5) is 0 Å². The molecule has 0 atom stereocenters. The lowest BCUT2D eigenvalue weighted by Gasteiger charge is -2.13. The van der Waals surface area contributed by atoms with Gasteiger partial charge in [-0.25, -0.2) is 0 Å². The number of fused-ring (bicyclic) bond motifs is 1. The minimum Gasteiger partial charge on any atom is -0.489 e. The fraction of sp³-hybridized carbons (Fsp3) is 0.222. The maximum Gasteiger partial charge on any atom is 0.310 e. The van der Waals surface area contributed by atoms with Gasteiger partial charge in [-0.1, -0.05) is 36.4 Å². The van der Waals surface area contributed by atoms with Gasteiger partial charge in [0.25, 0.3) is 0 Å². The molecule has 0 aliphatic carbocycles. The van der Waals surface area contributed by atoms with E-state index in [-0.39, 0.29) is 12.4 Å². The quantitative estimate of drug-likeness (QED) is 0.372. The zero-order chi connectivity index (χ0) is 22.5. The number of aryl methyl sites for hydroxylation is 1. The molecule has 0 radical (unpaired) electrons. The van der Waals surface area contributed by atoms with Crippen molar-refractivity contribution in [1.29, 1.82) is 0 Å². The van der Waals surface area contributed by atoms with Crippen LogP contribution in [-0.2, 0) is 29.1 Å². The lowest BCUT2D eigenvalue weighted by Crippen LogP contribution is -2.09. The molecule has 0 aliphatic heterocycles. The van der Waals surface area contributed by atoms with E-state index < -0.39 is 0 Å². The lowest BCUT2D eigenvalue weighted by atomic mass is 9.98. The van der Waals surface area contributed by atoms with Crippen molar-refractivity contribution < 1.29 is 18.7 Å². The van der Waals surface area contributed by atoms with Gasteiger partial charge in [0.15, 0.2) is 0 Å². The molecule has 2 N–H and O–H groups in total. The van der Waals surface area contributed by atoms with Crippen molar-refractivity contribution in [3.05, 3.63) is 89.2 Å². The van der Waals surface area contributed by atoms with E-state index in [0.717, 1.165) is 44.3 Å². The summed E-state index contributed by atoms with van der Waals surface area (Å²) in [5, 5.41) is 1.05. The first-order valence-corrected chi connectivity index (χ1v) is 10.8. The largest absolute Gasteiger partial charge is 0.489 e. The lowest BCUT2D eigenvalue weighted by molar-refractivity contribution is -0.142. The van der Waals surface area contributed by atoms with Crippen LogP contribution in [0.3, 0.4) is 0 Å². The van der Waals surface area contributed by atoms with Crippen molar-refractivity contribution in [3.63, 3.8) is 0 Å². The molecule has 5 heteroatoms. The van der Waals surface area contributed by atoms with Crippen LogP contribution in [0.2, 0.25) is 0 Å². The van der Waals surface area contributed by atoms with Crippen LogP contribution >= 0.6 is 0 Å². The number of nitrogens with two attached hydrogens (primary N) is 1. The van der Waals surface area contributed by atoms with Gasteiger partial charge in [0.05, 0.1) is 19.3 Å². The van der Waals surface area contributed by atoms with Crippen LogP contribution < -0.4 is 10.5 Å². The van der Waals surface area contributed by atoms with Crippen LogP contribution in [-0.4, -0.2) is 12.6 Å². The van der Waals surface area contributed by atoms with Gasteiger partial charge in [-0.15, -0.1) is 0 Å². The van der Waals surface area contributed by atoms with Crippen molar-refractivity contribution in [3.8, 4) is 16.9 Å². The van der Waals surface area contributed by atoms with Crippen LogP contribution in [0.25, 0.3) is 22.1 Å². The van der Waals surface area contributed by atoms with Gasteiger partial charge in [-0.3, -0.25) is 4.79 Å². The molecular weight excluding hydrogens is 402 g/mol. The van der Waals surface area contributed by atoms with Gasteiger partial charge >= 0.3 is 5.97 Å². The molecule has 0 spiro atoms. The van der Waals surface area contributed by atoms with Crippen molar-refractivity contribution in [2.75, 3.05) is 6.61 Å². The normalized spacial score (nSPS) is 11.0. The Kier molecular flexibility index (Phi) is 6.57. The van der Waals surface area contributed by atoms with Gasteiger partial charge in [-0.05, 0) is 60.4 Å². The van der Waals surface area contributed by atoms with Gasteiger partial charge in [0.1, 0.15) is 17.9 Å². The van der Waals surface area contributed by atoms with Crippen molar-refractivity contribution in [2.24, 2.45) is 5.73 Å². The molecule has 5 nitrogen and oxygen atoms in total. The third kappa shape index (κ3) is 4.68. The number of ether oxygens (including phenoxy) is 2. The van der Waals surface area contributed by atoms with Crippen molar-refractivity contribution >= 4 is 16.9 Å². The third-order valence-corrected chi connectivity index (χ3v) is 5.41. The Morgan fingerprint density at radius 2 is 1.88 bits per heavy atom. The number of rotatable bonds is 8. The summed E-state index contributed by atoms with van der Waals surface area (Å²) < 4.78 is 17.1. The number of esters is 1. The molecule has 4 rings (SSSR count). The van der Waals surface area contributed by atoms with Gasteiger partial charge in [0.2, 0.25) is 0 Å². The van der Waals surface area contributed by atoms with E-state index in [9.17, 15) is 4.79 Å². The Labute approximate surface area is 187 Å². The van der Waals surface area contributed by atoms with Crippen LogP contribution in [0.1, 0.15) is 29.2 Å². The third-order valence-electron chi connectivity index (χ3n) is 5.41. The molecule has 164 valence electrons. The first-order valence-electron chi connectivity index (χ1n) is 10.8. The molecule has 0 amide bonds. The summed E-state index contributed by atoms with van der Waals surface area (Å²) in [4.78, 5) is 11.9. The molecule has 1 aromatic heterocycles. The Hall–Kier alpha value is -3.57. The maximum atomic E-state index is 11.9. The van der Waals surface area contributed by atoms with Gasteiger partial charge < -0.3 is 19.6 Å². The van der Waals surface area contributed by atoms with E-state index >= 15 is 0 Å². The van der Waals surface area contributed by atoms with E-state index in [4.69, 9.17) is 19.6 Å². The SMILES string of the molecule is CCOC(=O)Cc1ccccc1OCc1cc(-c2cccc(CN)c2)c2occ(C)c2c1. The number of carbonyl (C=O) groups excluding carboxylic acids is 1. The monoisotopic (exact) mass is 429 g/mol. The molecule has 32 heavy (non-hydrogen) atoms. The maximum absolute atomic E-state index is 11.9. The number of carbonyl (C=O) groups is 1. The second kappa shape index (κ2) is 9.71.